The first kappa shape index (κ1) is 21.8. The van der Waals surface area contributed by atoms with Crippen molar-refractivity contribution in [2.45, 2.75) is 12.6 Å². The van der Waals surface area contributed by atoms with Gasteiger partial charge in [-0.15, -0.1) is 0 Å². The summed E-state index contributed by atoms with van der Waals surface area (Å²) in [5.41, 5.74) is 1.89. The number of para-hydroxylation sites is 1. The average Bonchev–Trinajstić information content (AvgIpc) is 3.40. The molecule has 0 radical (unpaired) electrons. The van der Waals surface area contributed by atoms with Crippen LogP contribution in [0.15, 0.2) is 94.6 Å². The van der Waals surface area contributed by atoms with Crippen molar-refractivity contribution < 1.29 is 23.8 Å². The maximum absolute atomic E-state index is 13.7. The fourth-order valence-corrected chi connectivity index (χ4v) is 4.39. The van der Waals surface area contributed by atoms with Gasteiger partial charge in [-0.25, -0.2) is 0 Å². The number of aliphatic hydroxyl groups excluding tert-OH is 1. The number of carbonyl (C=O) groups excluding carboxylic acids is 2. The number of ether oxygens (including phenoxy) is 1. The van der Waals surface area contributed by atoms with E-state index in [1.54, 1.807) is 48.5 Å². The molecule has 4 aromatic rings. The lowest BCUT2D eigenvalue weighted by Gasteiger charge is -2.26. The molecule has 3 aromatic carbocycles. The quantitative estimate of drug-likeness (QED) is 0.354. The Morgan fingerprint density at radius 1 is 1.06 bits per heavy atom. The SMILES string of the molecule is COc1cccc2cc(C(=O)C3=C(O)C(=O)N(Cc4ccccc4)C3c3ccc(Cl)cc3)oc12. The van der Waals surface area contributed by atoms with Crippen LogP contribution in [-0.2, 0) is 11.3 Å². The number of amides is 1. The van der Waals surface area contributed by atoms with Crippen LogP contribution in [0.5, 0.6) is 5.75 Å². The van der Waals surface area contributed by atoms with Gasteiger partial charge >= 0.3 is 0 Å². The number of aliphatic hydroxyl groups is 1. The molecule has 1 aliphatic heterocycles. The number of fused-ring (bicyclic) bond motifs is 1. The zero-order valence-corrected chi connectivity index (χ0v) is 19.0. The second-order valence-electron chi connectivity index (χ2n) is 7.95. The van der Waals surface area contributed by atoms with Crippen molar-refractivity contribution in [1.82, 2.24) is 4.90 Å². The molecule has 1 aliphatic rings. The second kappa shape index (κ2) is 8.72. The Morgan fingerprint density at radius 2 is 1.79 bits per heavy atom. The number of rotatable bonds is 6. The Morgan fingerprint density at radius 3 is 2.50 bits per heavy atom. The molecule has 0 fully saturated rings. The van der Waals surface area contributed by atoms with Crippen molar-refractivity contribution in [3.05, 3.63) is 112 Å². The zero-order valence-electron chi connectivity index (χ0n) is 18.2. The fourth-order valence-electron chi connectivity index (χ4n) is 4.26. The lowest BCUT2D eigenvalue weighted by atomic mass is 9.95. The summed E-state index contributed by atoms with van der Waals surface area (Å²) in [4.78, 5) is 28.3. The molecule has 1 amide bonds. The van der Waals surface area contributed by atoms with Crippen LogP contribution < -0.4 is 4.74 Å². The van der Waals surface area contributed by atoms with Crippen molar-refractivity contribution in [2.24, 2.45) is 0 Å². The minimum Gasteiger partial charge on any atom is -0.503 e. The molecule has 1 N–H and O–H groups in total. The summed E-state index contributed by atoms with van der Waals surface area (Å²) >= 11 is 6.07. The van der Waals surface area contributed by atoms with Gasteiger partial charge in [-0.05, 0) is 35.4 Å². The third-order valence-electron chi connectivity index (χ3n) is 5.88. The number of benzene rings is 3. The number of carbonyl (C=O) groups is 2. The molecule has 1 unspecified atom stereocenters. The summed E-state index contributed by atoms with van der Waals surface area (Å²) in [7, 11) is 1.51. The second-order valence-corrected chi connectivity index (χ2v) is 8.39. The van der Waals surface area contributed by atoms with Gasteiger partial charge in [0.2, 0.25) is 5.78 Å². The third kappa shape index (κ3) is 3.72. The smallest absolute Gasteiger partial charge is 0.290 e. The van der Waals surface area contributed by atoms with Crippen LogP contribution in [-0.4, -0.2) is 28.8 Å². The number of halogens is 1. The van der Waals surface area contributed by atoms with Crippen LogP contribution in [0.25, 0.3) is 11.0 Å². The topological polar surface area (TPSA) is 80.0 Å². The highest BCUT2D eigenvalue weighted by Gasteiger charge is 2.44. The van der Waals surface area contributed by atoms with Crippen LogP contribution in [0.2, 0.25) is 5.02 Å². The summed E-state index contributed by atoms with van der Waals surface area (Å²) in [6.45, 7) is 0.210. The van der Waals surface area contributed by atoms with Crippen molar-refractivity contribution in [1.29, 1.82) is 0 Å². The van der Waals surface area contributed by atoms with E-state index in [2.05, 4.69) is 0 Å². The van der Waals surface area contributed by atoms with Gasteiger partial charge < -0.3 is 19.2 Å². The first-order valence-corrected chi connectivity index (χ1v) is 11.0. The molecule has 34 heavy (non-hydrogen) atoms. The monoisotopic (exact) mass is 473 g/mol. The van der Waals surface area contributed by atoms with Crippen LogP contribution in [0, 0.1) is 0 Å². The molecule has 170 valence electrons. The maximum atomic E-state index is 13.7. The van der Waals surface area contributed by atoms with Gasteiger partial charge in [-0.3, -0.25) is 9.59 Å². The Kier molecular flexibility index (Phi) is 5.59. The fraction of sp³-hybridized carbons (Fsp3) is 0.111. The van der Waals surface area contributed by atoms with E-state index in [4.69, 9.17) is 20.8 Å². The molecule has 6 nitrogen and oxygen atoms in total. The van der Waals surface area contributed by atoms with Crippen molar-refractivity contribution in [3.8, 4) is 5.75 Å². The van der Waals surface area contributed by atoms with Crippen LogP contribution in [0.4, 0.5) is 0 Å². The lowest BCUT2D eigenvalue weighted by molar-refractivity contribution is -0.130. The number of nitrogens with zero attached hydrogens (tertiary/aromatic N) is 1. The highest BCUT2D eigenvalue weighted by molar-refractivity contribution is 6.30. The van der Waals surface area contributed by atoms with Crippen molar-refractivity contribution in [3.63, 3.8) is 0 Å². The lowest BCUT2D eigenvalue weighted by Crippen LogP contribution is -2.30. The van der Waals surface area contributed by atoms with Gasteiger partial charge in [0, 0.05) is 17.0 Å². The number of furan rings is 1. The van der Waals surface area contributed by atoms with E-state index in [0.29, 0.717) is 27.3 Å². The molecule has 1 atom stereocenters. The molecule has 0 saturated carbocycles. The Bertz CT molecular complexity index is 1420. The highest BCUT2D eigenvalue weighted by Crippen LogP contribution is 2.41. The van der Waals surface area contributed by atoms with E-state index in [9.17, 15) is 14.7 Å². The van der Waals surface area contributed by atoms with E-state index in [0.717, 1.165) is 5.56 Å². The minimum atomic E-state index is -0.812. The summed E-state index contributed by atoms with van der Waals surface area (Å²) in [5.74, 6) is -1.29. The summed E-state index contributed by atoms with van der Waals surface area (Å²) in [5, 5.41) is 12.1. The molecule has 1 aromatic heterocycles. The van der Waals surface area contributed by atoms with Gasteiger partial charge in [0.15, 0.2) is 22.9 Å². The number of methoxy groups -OCH3 is 1. The maximum Gasteiger partial charge on any atom is 0.290 e. The van der Waals surface area contributed by atoms with Crippen LogP contribution in [0.1, 0.15) is 27.7 Å². The van der Waals surface area contributed by atoms with Gasteiger partial charge in [0.1, 0.15) is 0 Å². The van der Waals surface area contributed by atoms with Crippen molar-refractivity contribution >= 4 is 34.3 Å². The van der Waals surface area contributed by atoms with E-state index >= 15 is 0 Å². The molecule has 5 rings (SSSR count). The number of ketones is 1. The molecule has 0 spiro atoms. The predicted octanol–water partition coefficient (Wildman–Crippen LogP) is 5.87. The first-order valence-electron chi connectivity index (χ1n) is 10.6. The minimum absolute atomic E-state index is 0.00868. The van der Waals surface area contributed by atoms with Crippen LogP contribution in [0.3, 0.4) is 0 Å². The third-order valence-corrected chi connectivity index (χ3v) is 6.13. The van der Waals surface area contributed by atoms with Gasteiger partial charge in [0.25, 0.3) is 5.91 Å². The normalized spacial score (nSPS) is 15.9. The number of Topliss-reactive ketones (excluding diaryl/α,β-unsaturated/α-hetero) is 1. The van der Waals surface area contributed by atoms with E-state index < -0.39 is 23.5 Å². The molecule has 0 aliphatic carbocycles. The molecule has 2 heterocycles. The first-order chi connectivity index (χ1) is 16.5. The number of hydrogen-bond acceptors (Lipinski definition) is 5. The van der Waals surface area contributed by atoms with E-state index in [1.165, 1.54) is 12.0 Å². The van der Waals surface area contributed by atoms with E-state index in [1.807, 2.05) is 30.3 Å². The summed E-state index contributed by atoms with van der Waals surface area (Å²) in [6.07, 6.45) is 0. The Balaban J connectivity index is 1.60. The largest absolute Gasteiger partial charge is 0.503 e. The van der Waals surface area contributed by atoms with E-state index in [-0.39, 0.29) is 17.9 Å². The Labute approximate surface area is 200 Å². The standard InChI is InChI=1S/C27H20ClNO5/c1-33-20-9-5-8-18-14-21(34-26(18)20)24(30)22-23(17-10-12-19(28)13-11-17)29(27(32)25(22)31)15-16-6-3-2-4-7-16/h2-14,23,31H,15H2,1H3. The summed E-state index contributed by atoms with van der Waals surface area (Å²) < 4.78 is 11.2. The van der Waals surface area contributed by atoms with Gasteiger partial charge in [-0.2, -0.15) is 0 Å². The molecule has 0 bridgehead atoms. The number of hydrogen-bond donors (Lipinski definition) is 1. The van der Waals surface area contributed by atoms with Gasteiger partial charge in [0.05, 0.1) is 18.7 Å². The molecule has 0 saturated heterocycles. The molecular weight excluding hydrogens is 454 g/mol. The van der Waals surface area contributed by atoms with Crippen molar-refractivity contribution in [2.75, 3.05) is 7.11 Å². The van der Waals surface area contributed by atoms with Crippen LogP contribution >= 0.6 is 11.6 Å². The Hall–Kier alpha value is -4.03. The predicted molar refractivity (Wildman–Crippen MR) is 128 cm³/mol. The highest BCUT2D eigenvalue weighted by atomic mass is 35.5. The zero-order chi connectivity index (χ0) is 23.8. The molecular formula is C27H20ClNO5. The summed E-state index contributed by atoms with van der Waals surface area (Å²) in [6, 6.07) is 22.3. The average molecular weight is 474 g/mol. The van der Waals surface area contributed by atoms with Gasteiger partial charge in [-0.1, -0.05) is 66.2 Å². The molecule has 7 heteroatoms.